The minimum atomic E-state index is -0.260. The molecule has 1 amide bonds. The molecule has 0 saturated carbocycles. The van der Waals surface area contributed by atoms with Gasteiger partial charge in [-0.15, -0.1) is 10.2 Å². The van der Waals surface area contributed by atoms with E-state index in [0.29, 0.717) is 10.1 Å². The van der Waals surface area contributed by atoms with Gasteiger partial charge < -0.3 is 5.73 Å². The lowest BCUT2D eigenvalue weighted by molar-refractivity contribution is -0.120. The van der Waals surface area contributed by atoms with Crippen LogP contribution in [-0.2, 0) is 11.2 Å². The maximum absolute atomic E-state index is 11.5. The molecule has 0 radical (unpaired) electrons. The smallest absolute Gasteiger partial charge is 0.247 e. The summed E-state index contributed by atoms with van der Waals surface area (Å²) in [5.74, 6) is -0.260. The van der Waals surface area contributed by atoms with Crippen molar-refractivity contribution in [2.24, 2.45) is 5.10 Å². The van der Waals surface area contributed by atoms with Crippen LogP contribution in [0.1, 0.15) is 10.6 Å². The molecule has 0 aliphatic heterocycles. The molecular formula is C11H10BrN5OS. The Morgan fingerprint density at radius 2 is 2.16 bits per heavy atom. The molecule has 0 spiro atoms. The highest BCUT2D eigenvalue weighted by Crippen LogP contribution is 2.11. The number of hydrazone groups is 1. The lowest BCUT2D eigenvalue weighted by atomic mass is 10.2. The second kappa shape index (κ2) is 6.39. The Labute approximate surface area is 121 Å². The van der Waals surface area contributed by atoms with Crippen molar-refractivity contribution in [2.45, 2.75) is 6.42 Å². The molecule has 1 aromatic heterocycles. The second-order valence-corrected chi connectivity index (χ2v) is 5.56. The van der Waals surface area contributed by atoms with Crippen LogP contribution in [0.2, 0.25) is 0 Å². The number of anilines is 1. The number of nitrogen functional groups attached to an aromatic ring is 1. The zero-order valence-corrected chi connectivity index (χ0v) is 12.1. The Kier molecular flexibility index (Phi) is 4.58. The molecule has 19 heavy (non-hydrogen) atoms. The van der Waals surface area contributed by atoms with E-state index in [2.05, 4.69) is 36.7 Å². The Hall–Kier alpha value is -1.80. The van der Waals surface area contributed by atoms with Gasteiger partial charge in [0, 0.05) is 4.47 Å². The highest BCUT2D eigenvalue weighted by Gasteiger charge is 2.06. The molecule has 3 N–H and O–H groups in total. The van der Waals surface area contributed by atoms with Crippen LogP contribution in [0.3, 0.4) is 0 Å². The van der Waals surface area contributed by atoms with E-state index >= 15 is 0 Å². The largest absolute Gasteiger partial charge is 0.374 e. The van der Waals surface area contributed by atoms with E-state index in [0.717, 1.165) is 10.0 Å². The molecule has 0 atom stereocenters. The number of nitrogens with one attached hydrogen (secondary N) is 1. The number of hydrogen-bond donors (Lipinski definition) is 2. The number of nitrogens with zero attached hydrogens (tertiary/aromatic N) is 3. The third-order valence-electron chi connectivity index (χ3n) is 2.07. The monoisotopic (exact) mass is 339 g/mol. The molecule has 0 unspecified atom stereocenters. The van der Waals surface area contributed by atoms with Crippen LogP contribution in [0.4, 0.5) is 5.13 Å². The first kappa shape index (κ1) is 13.6. The molecule has 6 nitrogen and oxygen atoms in total. The van der Waals surface area contributed by atoms with Crippen molar-refractivity contribution in [3.8, 4) is 0 Å². The number of hydrogen-bond acceptors (Lipinski definition) is 6. The van der Waals surface area contributed by atoms with E-state index in [1.807, 2.05) is 24.3 Å². The summed E-state index contributed by atoms with van der Waals surface area (Å²) in [7, 11) is 0. The van der Waals surface area contributed by atoms with E-state index < -0.39 is 0 Å². The SMILES string of the molecule is Nc1nnc(CC(=O)N/N=C/c2ccc(Br)cc2)s1. The minimum Gasteiger partial charge on any atom is -0.374 e. The molecule has 1 heterocycles. The van der Waals surface area contributed by atoms with E-state index in [1.165, 1.54) is 11.3 Å². The summed E-state index contributed by atoms with van der Waals surface area (Å²) in [5, 5.41) is 12.2. The lowest BCUT2D eigenvalue weighted by Crippen LogP contribution is -2.19. The van der Waals surface area contributed by atoms with Gasteiger partial charge in [0.15, 0.2) is 0 Å². The van der Waals surface area contributed by atoms with E-state index in [-0.39, 0.29) is 12.3 Å². The van der Waals surface area contributed by atoms with Crippen LogP contribution < -0.4 is 11.2 Å². The number of amides is 1. The van der Waals surface area contributed by atoms with Crippen LogP contribution >= 0.6 is 27.3 Å². The van der Waals surface area contributed by atoms with Crippen molar-refractivity contribution in [1.82, 2.24) is 15.6 Å². The first-order valence-electron chi connectivity index (χ1n) is 5.29. The molecule has 0 aliphatic carbocycles. The first-order chi connectivity index (χ1) is 9.13. The number of halogens is 1. The summed E-state index contributed by atoms with van der Waals surface area (Å²) in [6.45, 7) is 0. The fraction of sp³-hybridized carbons (Fsp3) is 0.0909. The maximum Gasteiger partial charge on any atom is 0.247 e. The normalized spacial score (nSPS) is 10.8. The van der Waals surface area contributed by atoms with Gasteiger partial charge >= 0.3 is 0 Å². The van der Waals surface area contributed by atoms with Crippen LogP contribution in [0.5, 0.6) is 0 Å². The molecule has 0 saturated heterocycles. The fourth-order valence-electron chi connectivity index (χ4n) is 1.24. The second-order valence-electron chi connectivity index (χ2n) is 3.56. The van der Waals surface area contributed by atoms with Gasteiger partial charge in [-0.2, -0.15) is 5.10 Å². The van der Waals surface area contributed by atoms with Crippen molar-refractivity contribution < 1.29 is 4.79 Å². The Morgan fingerprint density at radius 1 is 1.42 bits per heavy atom. The van der Waals surface area contributed by atoms with Gasteiger partial charge in [0.1, 0.15) is 5.01 Å². The predicted molar refractivity (Wildman–Crippen MR) is 77.9 cm³/mol. The van der Waals surface area contributed by atoms with Gasteiger partial charge in [-0.05, 0) is 17.7 Å². The number of nitrogens with two attached hydrogens (primary N) is 1. The number of benzene rings is 1. The van der Waals surface area contributed by atoms with Gasteiger partial charge in [0.05, 0.1) is 12.6 Å². The number of aromatic nitrogens is 2. The van der Waals surface area contributed by atoms with Crippen molar-refractivity contribution >= 4 is 44.5 Å². The third-order valence-corrected chi connectivity index (χ3v) is 3.35. The van der Waals surface area contributed by atoms with Gasteiger partial charge in [0.2, 0.25) is 11.0 Å². The highest BCUT2D eigenvalue weighted by atomic mass is 79.9. The quantitative estimate of drug-likeness (QED) is 0.653. The van der Waals surface area contributed by atoms with Crippen molar-refractivity contribution in [1.29, 1.82) is 0 Å². The minimum absolute atomic E-state index is 0.118. The summed E-state index contributed by atoms with van der Waals surface area (Å²) in [4.78, 5) is 11.5. The average Bonchev–Trinajstić information content (AvgIpc) is 2.77. The molecule has 0 bridgehead atoms. The number of carbonyl (C=O) groups is 1. The van der Waals surface area contributed by atoms with Crippen molar-refractivity contribution in [3.05, 3.63) is 39.3 Å². The summed E-state index contributed by atoms with van der Waals surface area (Å²) in [6.07, 6.45) is 1.69. The van der Waals surface area contributed by atoms with E-state index in [1.54, 1.807) is 6.21 Å². The summed E-state index contributed by atoms with van der Waals surface area (Å²) in [5.41, 5.74) is 8.74. The number of carbonyl (C=O) groups excluding carboxylic acids is 1. The van der Waals surface area contributed by atoms with E-state index in [4.69, 9.17) is 5.73 Å². The van der Waals surface area contributed by atoms with Crippen LogP contribution in [-0.4, -0.2) is 22.3 Å². The molecule has 98 valence electrons. The van der Waals surface area contributed by atoms with Gasteiger partial charge in [-0.1, -0.05) is 39.4 Å². The van der Waals surface area contributed by atoms with Gasteiger partial charge in [-0.3, -0.25) is 4.79 Å². The van der Waals surface area contributed by atoms with Crippen LogP contribution in [0.25, 0.3) is 0 Å². The Balaban J connectivity index is 1.84. The molecule has 0 fully saturated rings. The van der Waals surface area contributed by atoms with Crippen LogP contribution in [0, 0.1) is 0 Å². The topological polar surface area (TPSA) is 93.3 Å². The van der Waals surface area contributed by atoms with Gasteiger partial charge in [0.25, 0.3) is 0 Å². The fourth-order valence-corrected chi connectivity index (χ4v) is 2.11. The third kappa shape index (κ3) is 4.42. The van der Waals surface area contributed by atoms with Crippen molar-refractivity contribution in [3.63, 3.8) is 0 Å². The molecular weight excluding hydrogens is 330 g/mol. The summed E-state index contributed by atoms with van der Waals surface area (Å²) < 4.78 is 0.988. The van der Waals surface area contributed by atoms with E-state index in [9.17, 15) is 4.79 Å². The Morgan fingerprint density at radius 3 is 2.79 bits per heavy atom. The summed E-state index contributed by atoms with van der Waals surface area (Å²) in [6, 6.07) is 7.55. The highest BCUT2D eigenvalue weighted by molar-refractivity contribution is 9.10. The zero-order chi connectivity index (χ0) is 13.7. The number of rotatable bonds is 4. The predicted octanol–water partition coefficient (Wildman–Crippen LogP) is 1.58. The first-order valence-corrected chi connectivity index (χ1v) is 6.90. The van der Waals surface area contributed by atoms with Crippen molar-refractivity contribution in [2.75, 3.05) is 5.73 Å². The summed E-state index contributed by atoms with van der Waals surface area (Å²) >= 11 is 4.52. The zero-order valence-electron chi connectivity index (χ0n) is 9.71. The molecule has 0 aliphatic rings. The molecule has 2 aromatic rings. The average molecular weight is 340 g/mol. The molecule has 8 heteroatoms. The Bertz CT molecular complexity index is 595. The molecule has 2 rings (SSSR count). The van der Waals surface area contributed by atoms with Crippen LogP contribution in [0.15, 0.2) is 33.8 Å². The standard InChI is InChI=1S/C11H10BrN5OS/c12-8-3-1-7(2-4-8)6-14-15-9(18)5-10-16-17-11(13)19-10/h1-4,6H,5H2,(H2,13,17)(H,15,18)/b14-6+. The lowest BCUT2D eigenvalue weighted by Gasteiger charge is -1.96. The molecule has 1 aromatic carbocycles. The maximum atomic E-state index is 11.5. The van der Waals surface area contributed by atoms with Gasteiger partial charge in [-0.25, -0.2) is 5.43 Å².